The third-order valence-corrected chi connectivity index (χ3v) is 4.60. The van der Waals surface area contributed by atoms with E-state index in [-0.39, 0.29) is 24.1 Å². The number of carbonyl (C=O) groups is 1. The molecule has 0 saturated carbocycles. The summed E-state index contributed by atoms with van der Waals surface area (Å²) in [4.78, 5) is 12.2. The molecule has 1 heterocycles. The fourth-order valence-corrected chi connectivity index (χ4v) is 3.22. The Morgan fingerprint density at radius 1 is 1.24 bits per heavy atom. The lowest BCUT2D eigenvalue weighted by molar-refractivity contribution is -0.116. The van der Waals surface area contributed by atoms with Crippen LogP contribution in [-0.4, -0.2) is 12.5 Å². The Balaban J connectivity index is 0.00000225. The van der Waals surface area contributed by atoms with Gasteiger partial charge in [-0.1, -0.05) is 29.8 Å². The first-order chi connectivity index (χ1) is 11.5. The van der Waals surface area contributed by atoms with E-state index in [2.05, 4.69) is 42.7 Å². The number of fused-ring (bicyclic) bond motifs is 1. The summed E-state index contributed by atoms with van der Waals surface area (Å²) in [6.45, 7) is 5.57. The third-order valence-electron chi connectivity index (χ3n) is 4.60. The maximum Gasteiger partial charge on any atom is 0.224 e. The maximum absolute atomic E-state index is 14.5. The predicted octanol–water partition coefficient (Wildman–Crippen LogP) is 4.08. The monoisotopic (exact) mass is 362 g/mol. The molecule has 0 aromatic heterocycles. The lowest BCUT2D eigenvalue weighted by atomic mass is 9.99. The summed E-state index contributed by atoms with van der Waals surface area (Å²) >= 11 is 0. The summed E-state index contributed by atoms with van der Waals surface area (Å²) in [6.07, 6.45) is 1.67. The number of halogens is 2. The Morgan fingerprint density at radius 2 is 2.04 bits per heavy atom. The molecule has 25 heavy (non-hydrogen) atoms. The zero-order chi connectivity index (χ0) is 17.1. The van der Waals surface area contributed by atoms with E-state index in [0.29, 0.717) is 31.5 Å². The van der Waals surface area contributed by atoms with Gasteiger partial charge in [-0.2, -0.15) is 0 Å². The molecule has 2 N–H and O–H groups in total. The fourth-order valence-electron chi connectivity index (χ4n) is 3.22. The van der Waals surface area contributed by atoms with Crippen molar-refractivity contribution in [3.63, 3.8) is 0 Å². The van der Waals surface area contributed by atoms with E-state index in [4.69, 9.17) is 0 Å². The lowest BCUT2D eigenvalue weighted by Crippen LogP contribution is -2.25. The van der Waals surface area contributed by atoms with Crippen LogP contribution in [0.4, 0.5) is 10.1 Å². The Labute approximate surface area is 154 Å². The zero-order valence-corrected chi connectivity index (χ0v) is 15.4. The molecule has 3 rings (SSSR count). The molecule has 134 valence electrons. The molecular weight excluding hydrogens is 339 g/mol. The molecule has 0 aliphatic carbocycles. The van der Waals surface area contributed by atoms with E-state index in [1.165, 1.54) is 11.1 Å². The van der Waals surface area contributed by atoms with Gasteiger partial charge < -0.3 is 10.6 Å². The molecule has 2 aromatic rings. The molecule has 0 radical (unpaired) electrons. The number of rotatable bonds is 4. The van der Waals surface area contributed by atoms with Crippen molar-refractivity contribution in [2.24, 2.45) is 0 Å². The maximum atomic E-state index is 14.5. The number of carbonyl (C=O) groups excluding carboxylic acids is 1. The molecular formula is C20H24ClFN2O. The zero-order valence-electron chi connectivity index (χ0n) is 14.6. The van der Waals surface area contributed by atoms with E-state index in [1.54, 1.807) is 6.07 Å². The van der Waals surface area contributed by atoms with Crippen LogP contribution in [0.1, 0.15) is 34.2 Å². The van der Waals surface area contributed by atoms with Gasteiger partial charge >= 0.3 is 0 Å². The summed E-state index contributed by atoms with van der Waals surface area (Å²) in [5.74, 6) is -0.434. The van der Waals surface area contributed by atoms with Crippen LogP contribution in [0.3, 0.4) is 0 Å². The number of aryl methyl sites for hydroxylation is 3. The molecule has 0 atom stereocenters. The number of hydrogen-bond donors (Lipinski definition) is 2. The van der Waals surface area contributed by atoms with Crippen LogP contribution in [0.5, 0.6) is 0 Å². The molecule has 0 fully saturated rings. The molecule has 2 aromatic carbocycles. The molecule has 0 saturated heterocycles. The minimum absolute atomic E-state index is 0. The van der Waals surface area contributed by atoms with Crippen LogP contribution < -0.4 is 10.6 Å². The van der Waals surface area contributed by atoms with Crippen molar-refractivity contribution in [1.29, 1.82) is 0 Å². The van der Waals surface area contributed by atoms with E-state index in [0.717, 1.165) is 23.2 Å². The summed E-state index contributed by atoms with van der Waals surface area (Å²) in [5.41, 5.74) is 5.56. The first-order valence-electron chi connectivity index (χ1n) is 8.41. The van der Waals surface area contributed by atoms with Crippen molar-refractivity contribution >= 4 is 24.0 Å². The van der Waals surface area contributed by atoms with Gasteiger partial charge in [0.2, 0.25) is 5.91 Å². The average Bonchev–Trinajstić information content (AvgIpc) is 2.57. The van der Waals surface area contributed by atoms with Crippen molar-refractivity contribution in [1.82, 2.24) is 5.32 Å². The Kier molecular flexibility index (Phi) is 6.57. The second kappa shape index (κ2) is 8.45. The Hall–Kier alpha value is -1.91. The van der Waals surface area contributed by atoms with E-state index in [9.17, 15) is 9.18 Å². The molecule has 0 unspecified atom stereocenters. The molecule has 1 amide bonds. The highest BCUT2D eigenvalue weighted by atomic mass is 35.5. The van der Waals surface area contributed by atoms with E-state index < -0.39 is 0 Å². The molecule has 1 aliphatic rings. The molecule has 5 heteroatoms. The van der Waals surface area contributed by atoms with Crippen LogP contribution >= 0.6 is 12.4 Å². The van der Waals surface area contributed by atoms with Gasteiger partial charge in [-0.15, -0.1) is 12.4 Å². The molecule has 0 bridgehead atoms. The second-order valence-electron chi connectivity index (χ2n) is 6.47. The first-order valence-corrected chi connectivity index (χ1v) is 8.41. The van der Waals surface area contributed by atoms with Crippen LogP contribution in [0.25, 0.3) is 0 Å². The summed E-state index contributed by atoms with van der Waals surface area (Å²) < 4.78 is 14.5. The van der Waals surface area contributed by atoms with Gasteiger partial charge in [0.25, 0.3) is 0 Å². The highest BCUT2D eigenvalue weighted by molar-refractivity contribution is 5.91. The number of benzene rings is 2. The largest absolute Gasteiger partial charge is 0.324 e. The highest BCUT2D eigenvalue weighted by Gasteiger charge is 2.17. The smallest absolute Gasteiger partial charge is 0.224 e. The molecule has 0 spiro atoms. The minimum Gasteiger partial charge on any atom is -0.324 e. The van der Waals surface area contributed by atoms with Gasteiger partial charge in [-0.25, -0.2) is 4.39 Å². The number of nitrogens with one attached hydrogen (secondary N) is 2. The third kappa shape index (κ3) is 4.59. The molecule has 1 aliphatic heterocycles. The van der Waals surface area contributed by atoms with Crippen LogP contribution in [0, 0.1) is 19.7 Å². The van der Waals surface area contributed by atoms with Gasteiger partial charge in [0, 0.05) is 13.0 Å². The van der Waals surface area contributed by atoms with Crippen molar-refractivity contribution in [3.05, 3.63) is 64.0 Å². The van der Waals surface area contributed by atoms with Crippen molar-refractivity contribution in [2.45, 2.75) is 39.7 Å². The summed E-state index contributed by atoms with van der Waals surface area (Å²) in [6, 6.07) is 9.78. The van der Waals surface area contributed by atoms with Crippen molar-refractivity contribution < 1.29 is 9.18 Å². The van der Waals surface area contributed by atoms with Gasteiger partial charge in [0.15, 0.2) is 0 Å². The second-order valence-corrected chi connectivity index (χ2v) is 6.47. The summed E-state index contributed by atoms with van der Waals surface area (Å²) in [7, 11) is 0. The van der Waals surface area contributed by atoms with Crippen molar-refractivity contribution in [2.75, 3.05) is 11.9 Å². The lowest BCUT2D eigenvalue weighted by Gasteiger charge is -2.19. The SMILES string of the molecule is Cc1ccc(CCC(=O)Nc2ccc3c(c2F)CCNC3)c(C)c1.Cl. The first kappa shape index (κ1) is 19.4. The molecule has 3 nitrogen and oxygen atoms in total. The van der Waals surface area contributed by atoms with Gasteiger partial charge in [0.1, 0.15) is 5.82 Å². The predicted molar refractivity (Wildman–Crippen MR) is 102 cm³/mol. The summed E-state index contributed by atoms with van der Waals surface area (Å²) in [5, 5.41) is 5.95. The highest BCUT2D eigenvalue weighted by Crippen LogP contribution is 2.24. The standard InChI is InChI=1S/C20H23FN2O.ClH/c1-13-3-4-15(14(2)11-13)6-8-19(24)23-18-7-5-16-12-22-10-9-17(16)20(18)21;/h3-5,7,11,22H,6,8-10,12H2,1-2H3,(H,23,24);1H. The number of anilines is 1. The van der Waals surface area contributed by atoms with E-state index >= 15 is 0 Å². The quantitative estimate of drug-likeness (QED) is 0.860. The fraction of sp³-hybridized carbons (Fsp3) is 0.350. The van der Waals surface area contributed by atoms with Gasteiger partial charge in [-0.3, -0.25) is 4.79 Å². The van der Waals surface area contributed by atoms with Crippen LogP contribution in [-0.2, 0) is 24.2 Å². The normalized spacial score (nSPS) is 12.9. The average molecular weight is 363 g/mol. The Bertz CT molecular complexity index is 777. The van der Waals surface area contributed by atoms with E-state index in [1.807, 2.05) is 6.07 Å². The number of hydrogen-bond acceptors (Lipinski definition) is 2. The van der Waals surface area contributed by atoms with Gasteiger partial charge in [0.05, 0.1) is 5.69 Å². The van der Waals surface area contributed by atoms with Crippen molar-refractivity contribution in [3.8, 4) is 0 Å². The number of amides is 1. The minimum atomic E-state index is -0.283. The Morgan fingerprint density at radius 3 is 2.80 bits per heavy atom. The van der Waals surface area contributed by atoms with Gasteiger partial charge in [-0.05, 0) is 61.6 Å². The van der Waals surface area contributed by atoms with Crippen LogP contribution in [0.2, 0.25) is 0 Å². The topological polar surface area (TPSA) is 41.1 Å². The van der Waals surface area contributed by atoms with Crippen LogP contribution in [0.15, 0.2) is 30.3 Å².